The third-order valence-electron chi connectivity index (χ3n) is 3.42. The number of hydrogen-bond acceptors (Lipinski definition) is 2. The summed E-state index contributed by atoms with van der Waals surface area (Å²) in [6.07, 6.45) is 5.03. The van der Waals surface area contributed by atoms with Crippen LogP contribution < -0.4 is 5.32 Å². The molecular weight excluding hydrogens is 378 g/mol. The number of halogens is 2. The van der Waals surface area contributed by atoms with Gasteiger partial charge in [-0.05, 0) is 53.2 Å². The van der Waals surface area contributed by atoms with E-state index in [1.54, 1.807) is 0 Å². The first-order chi connectivity index (χ1) is 8.58. The molecule has 1 aromatic rings. The molecule has 100 valence electrons. The third kappa shape index (κ3) is 3.58. The Morgan fingerprint density at radius 2 is 2.22 bits per heavy atom. The predicted molar refractivity (Wildman–Crippen MR) is 83.8 cm³/mol. The van der Waals surface area contributed by atoms with E-state index in [-0.39, 0.29) is 5.91 Å². The fraction of sp³-hybridized carbons (Fsp3) is 0.615. The highest BCUT2D eigenvalue weighted by Gasteiger charge is 2.23. The van der Waals surface area contributed by atoms with Gasteiger partial charge in [0.25, 0.3) is 5.91 Å². The van der Waals surface area contributed by atoms with Crippen molar-refractivity contribution in [3.8, 4) is 0 Å². The number of alkyl halides is 1. The molecule has 1 aromatic heterocycles. The molecule has 1 heterocycles. The van der Waals surface area contributed by atoms with Crippen LogP contribution >= 0.6 is 43.2 Å². The van der Waals surface area contributed by atoms with Crippen LogP contribution in [0.1, 0.15) is 40.9 Å². The van der Waals surface area contributed by atoms with E-state index in [0.29, 0.717) is 10.7 Å². The second-order valence-electron chi connectivity index (χ2n) is 4.84. The molecule has 0 aromatic carbocycles. The van der Waals surface area contributed by atoms with E-state index in [1.165, 1.54) is 37.0 Å². The second kappa shape index (κ2) is 6.53. The molecule has 1 fully saturated rings. The average Bonchev–Trinajstić information content (AvgIpc) is 2.68. The number of thiophene rings is 1. The summed E-state index contributed by atoms with van der Waals surface area (Å²) in [7, 11) is 0. The van der Waals surface area contributed by atoms with Gasteiger partial charge in [0.15, 0.2) is 0 Å². The zero-order valence-electron chi connectivity index (χ0n) is 10.3. The minimum Gasteiger partial charge on any atom is -0.351 e. The number of carbonyl (C=O) groups is 1. The molecule has 1 saturated carbocycles. The van der Waals surface area contributed by atoms with Gasteiger partial charge in [-0.2, -0.15) is 0 Å². The number of carbonyl (C=O) groups excluding carboxylic acids is 1. The van der Waals surface area contributed by atoms with Crippen LogP contribution in [0.25, 0.3) is 0 Å². The van der Waals surface area contributed by atoms with E-state index in [9.17, 15) is 4.79 Å². The predicted octanol–water partition coefficient (Wildman–Crippen LogP) is 4.50. The summed E-state index contributed by atoms with van der Waals surface area (Å²) < 4.78 is 1.05. The lowest BCUT2D eigenvalue weighted by molar-refractivity contribution is 0.0948. The summed E-state index contributed by atoms with van der Waals surface area (Å²) in [6, 6.07) is 1.94. The number of hydrogen-bond donors (Lipinski definition) is 1. The Balaban J connectivity index is 1.88. The van der Waals surface area contributed by atoms with Crippen molar-refractivity contribution < 1.29 is 4.79 Å². The van der Waals surface area contributed by atoms with Crippen LogP contribution in [0.4, 0.5) is 0 Å². The number of rotatable bonds is 3. The molecule has 18 heavy (non-hydrogen) atoms. The minimum absolute atomic E-state index is 0.0547. The fourth-order valence-electron chi connectivity index (χ4n) is 2.28. The van der Waals surface area contributed by atoms with Crippen LogP contribution in [-0.4, -0.2) is 17.3 Å². The lowest BCUT2D eigenvalue weighted by Crippen LogP contribution is -2.34. The van der Waals surface area contributed by atoms with Gasteiger partial charge in [0.1, 0.15) is 0 Å². The fourth-order valence-corrected chi connectivity index (χ4v) is 4.50. The largest absolute Gasteiger partial charge is 0.351 e. The van der Waals surface area contributed by atoms with Crippen LogP contribution in [-0.2, 0) is 0 Å². The van der Waals surface area contributed by atoms with Gasteiger partial charge in [-0.15, -0.1) is 11.3 Å². The molecule has 5 heteroatoms. The van der Waals surface area contributed by atoms with Crippen molar-refractivity contribution in [1.82, 2.24) is 5.32 Å². The first-order valence-corrected chi connectivity index (χ1v) is 8.78. The molecule has 0 radical (unpaired) electrons. The van der Waals surface area contributed by atoms with Crippen LogP contribution in [0, 0.1) is 12.8 Å². The van der Waals surface area contributed by atoms with Crippen LogP contribution in [0.2, 0.25) is 0 Å². The highest BCUT2D eigenvalue weighted by Crippen LogP contribution is 2.30. The van der Waals surface area contributed by atoms with Gasteiger partial charge in [-0.1, -0.05) is 28.8 Å². The van der Waals surface area contributed by atoms with E-state index in [1.807, 2.05) is 13.0 Å². The molecule has 0 aliphatic heterocycles. The SMILES string of the molecule is Cc1cc(C(=O)NCC2CCCCC2Br)sc1Br. The molecular formula is C13H17Br2NOS. The van der Waals surface area contributed by atoms with Crippen molar-refractivity contribution in [2.75, 3.05) is 6.54 Å². The third-order valence-corrected chi connectivity index (χ3v) is 6.76. The van der Waals surface area contributed by atoms with Gasteiger partial charge in [-0.3, -0.25) is 4.79 Å². The Hall–Kier alpha value is 0.130. The molecule has 1 amide bonds. The van der Waals surface area contributed by atoms with Crippen molar-refractivity contribution in [3.05, 3.63) is 20.3 Å². The van der Waals surface area contributed by atoms with Crippen molar-refractivity contribution in [2.24, 2.45) is 5.92 Å². The van der Waals surface area contributed by atoms with Gasteiger partial charge in [0, 0.05) is 11.4 Å². The van der Waals surface area contributed by atoms with Gasteiger partial charge >= 0.3 is 0 Å². The molecule has 0 spiro atoms. The lowest BCUT2D eigenvalue weighted by atomic mass is 9.89. The maximum atomic E-state index is 12.0. The zero-order valence-corrected chi connectivity index (χ0v) is 14.3. The summed E-state index contributed by atoms with van der Waals surface area (Å²) in [4.78, 5) is 13.4. The van der Waals surface area contributed by atoms with Crippen molar-refractivity contribution in [2.45, 2.75) is 37.4 Å². The molecule has 1 aliphatic carbocycles. The maximum Gasteiger partial charge on any atom is 0.261 e. The maximum absolute atomic E-state index is 12.0. The van der Waals surface area contributed by atoms with E-state index < -0.39 is 0 Å². The van der Waals surface area contributed by atoms with Gasteiger partial charge in [0.2, 0.25) is 0 Å². The summed E-state index contributed by atoms with van der Waals surface area (Å²) in [6.45, 7) is 2.79. The summed E-state index contributed by atoms with van der Waals surface area (Å²) in [5, 5.41) is 3.06. The number of nitrogens with one attached hydrogen (secondary N) is 1. The summed E-state index contributed by atoms with van der Waals surface area (Å²) in [5.74, 6) is 0.631. The Labute approximate surface area is 129 Å². The van der Waals surface area contributed by atoms with Gasteiger partial charge in [-0.25, -0.2) is 0 Å². The minimum atomic E-state index is 0.0547. The van der Waals surface area contributed by atoms with Crippen LogP contribution in [0.3, 0.4) is 0 Å². The summed E-state index contributed by atoms with van der Waals surface area (Å²) in [5.41, 5.74) is 1.13. The number of aryl methyl sites for hydroxylation is 1. The first-order valence-electron chi connectivity index (χ1n) is 6.26. The Bertz CT molecular complexity index is 413. The Morgan fingerprint density at radius 1 is 1.50 bits per heavy atom. The van der Waals surface area contributed by atoms with E-state index in [0.717, 1.165) is 20.8 Å². The normalized spacial score (nSPS) is 23.9. The van der Waals surface area contributed by atoms with E-state index >= 15 is 0 Å². The molecule has 2 atom stereocenters. The average molecular weight is 395 g/mol. The van der Waals surface area contributed by atoms with Crippen molar-refractivity contribution >= 4 is 49.1 Å². The smallest absolute Gasteiger partial charge is 0.261 e. The highest BCUT2D eigenvalue weighted by molar-refractivity contribution is 9.11. The Morgan fingerprint density at radius 3 is 2.83 bits per heavy atom. The lowest BCUT2D eigenvalue weighted by Gasteiger charge is -2.27. The van der Waals surface area contributed by atoms with Gasteiger partial charge in [0.05, 0.1) is 8.66 Å². The molecule has 2 unspecified atom stereocenters. The summed E-state index contributed by atoms with van der Waals surface area (Å²) >= 11 is 8.68. The van der Waals surface area contributed by atoms with Crippen molar-refractivity contribution in [3.63, 3.8) is 0 Å². The van der Waals surface area contributed by atoms with E-state index in [2.05, 4.69) is 37.2 Å². The monoisotopic (exact) mass is 393 g/mol. The van der Waals surface area contributed by atoms with Crippen LogP contribution in [0.15, 0.2) is 9.85 Å². The zero-order chi connectivity index (χ0) is 13.1. The topological polar surface area (TPSA) is 29.1 Å². The Kier molecular flexibility index (Phi) is 5.27. The number of amides is 1. The van der Waals surface area contributed by atoms with Crippen molar-refractivity contribution in [1.29, 1.82) is 0 Å². The second-order valence-corrected chi connectivity index (χ2v) is 8.38. The van der Waals surface area contributed by atoms with Crippen LogP contribution in [0.5, 0.6) is 0 Å². The van der Waals surface area contributed by atoms with Gasteiger partial charge < -0.3 is 5.32 Å². The molecule has 1 aliphatic rings. The first kappa shape index (κ1) is 14.5. The quantitative estimate of drug-likeness (QED) is 0.751. The molecule has 2 nitrogen and oxygen atoms in total. The highest BCUT2D eigenvalue weighted by atomic mass is 79.9. The molecule has 1 N–H and O–H groups in total. The molecule has 0 bridgehead atoms. The van der Waals surface area contributed by atoms with E-state index in [4.69, 9.17) is 0 Å². The molecule has 2 rings (SSSR count). The molecule has 0 saturated heterocycles. The standard InChI is InChI=1S/C13H17Br2NOS/c1-8-6-11(18-12(8)15)13(17)16-7-9-4-2-3-5-10(9)14/h6,9-10H,2-5,7H2,1H3,(H,16,17).